The third kappa shape index (κ3) is 4.01. The van der Waals surface area contributed by atoms with Crippen molar-refractivity contribution in [2.45, 2.75) is 50.2 Å². The summed E-state index contributed by atoms with van der Waals surface area (Å²) in [5.74, 6) is 8.69. The Morgan fingerprint density at radius 2 is 2.18 bits per heavy atom. The topological polar surface area (TPSA) is 85.8 Å². The van der Waals surface area contributed by atoms with Gasteiger partial charge in [0.15, 0.2) is 5.82 Å². The van der Waals surface area contributed by atoms with Crippen LogP contribution in [0.4, 0.5) is 4.39 Å². The largest absolute Gasteiger partial charge is 0.353 e. The van der Waals surface area contributed by atoms with Crippen LogP contribution in [0.25, 0.3) is 0 Å². The van der Waals surface area contributed by atoms with Crippen molar-refractivity contribution in [2.24, 2.45) is 17.8 Å². The highest BCUT2D eigenvalue weighted by atomic mass is 32.2. The maximum Gasteiger partial charge on any atom is 0.230 e. The summed E-state index contributed by atoms with van der Waals surface area (Å²) in [5, 5.41) is 11.7. The van der Waals surface area contributed by atoms with E-state index in [-0.39, 0.29) is 29.9 Å². The summed E-state index contributed by atoms with van der Waals surface area (Å²) in [6, 6.07) is 6.72. The molecule has 2 aromatic rings. The SMILES string of the molecule is C[C@H](NC(=O)CSc1nnc(Cc2ccccc2F)n1N)[C@H]1C[C@@H]2CC[C@H]1C2. The standard InChI is InChI=1S/C20H26FN5OS/c1-12(16-9-13-6-7-14(16)8-13)23-19(27)11-28-20-25-24-18(26(20)22)10-15-4-2-3-5-17(15)21/h2-5,12-14,16H,6-11,22H2,1H3,(H,23,27)/t12-,13+,14-,16+/m0/s1. The third-order valence-corrected chi connectivity index (χ3v) is 7.14. The molecular formula is C20H26FN5OS. The van der Waals surface area contributed by atoms with E-state index in [1.807, 2.05) is 0 Å². The molecule has 4 atom stereocenters. The Bertz CT molecular complexity index is 857. The zero-order valence-corrected chi connectivity index (χ0v) is 16.8. The van der Waals surface area contributed by atoms with Crippen molar-refractivity contribution in [1.29, 1.82) is 0 Å². The number of hydrogen-bond acceptors (Lipinski definition) is 5. The van der Waals surface area contributed by atoms with Crippen molar-refractivity contribution in [3.8, 4) is 0 Å². The molecule has 8 heteroatoms. The molecule has 2 aliphatic rings. The molecule has 0 unspecified atom stereocenters. The Labute approximate surface area is 168 Å². The first-order valence-corrected chi connectivity index (χ1v) is 10.8. The number of amides is 1. The van der Waals surface area contributed by atoms with Gasteiger partial charge in [0.2, 0.25) is 11.1 Å². The monoisotopic (exact) mass is 403 g/mol. The Kier molecular flexibility index (Phi) is 5.57. The van der Waals surface area contributed by atoms with Gasteiger partial charge >= 0.3 is 0 Å². The minimum absolute atomic E-state index is 0.0149. The van der Waals surface area contributed by atoms with E-state index in [1.165, 1.54) is 48.2 Å². The molecule has 0 radical (unpaired) electrons. The predicted molar refractivity (Wildman–Crippen MR) is 107 cm³/mol. The number of aromatic nitrogens is 3. The molecule has 28 heavy (non-hydrogen) atoms. The first-order valence-electron chi connectivity index (χ1n) is 9.86. The number of hydrogen-bond donors (Lipinski definition) is 2. The molecule has 0 saturated heterocycles. The molecule has 4 rings (SSSR count). The van der Waals surface area contributed by atoms with Gasteiger partial charge in [-0.25, -0.2) is 9.07 Å². The number of nitrogen functional groups attached to an aromatic ring is 1. The van der Waals surface area contributed by atoms with Gasteiger partial charge in [0.1, 0.15) is 5.82 Å². The minimum Gasteiger partial charge on any atom is -0.353 e. The van der Waals surface area contributed by atoms with Crippen LogP contribution in [-0.4, -0.2) is 32.6 Å². The van der Waals surface area contributed by atoms with Gasteiger partial charge in [-0.15, -0.1) is 10.2 Å². The van der Waals surface area contributed by atoms with Gasteiger partial charge in [0.25, 0.3) is 0 Å². The van der Waals surface area contributed by atoms with Crippen molar-refractivity contribution in [3.63, 3.8) is 0 Å². The van der Waals surface area contributed by atoms with Crippen molar-refractivity contribution in [2.75, 3.05) is 11.6 Å². The number of nitrogens with one attached hydrogen (secondary N) is 1. The van der Waals surface area contributed by atoms with Crippen LogP contribution >= 0.6 is 11.8 Å². The predicted octanol–water partition coefficient (Wildman–Crippen LogP) is 2.75. The number of thioether (sulfide) groups is 1. The summed E-state index contributed by atoms with van der Waals surface area (Å²) in [7, 11) is 0. The van der Waals surface area contributed by atoms with Crippen LogP contribution in [0.1, 0.15) is 44.0 Å². The molecule has 2 bridgehead atoms. The highest BCUT2D eigenvalue weighted by Gasteiger charge is 2.42. The van der Waals surface area contributed by atoms with Gasteiger partial charge in [0, 0.05) is 12.5 Å². The Morgan fingerprint density at radius 1 is 1.36 bits per heavy atom. The number of carbonyl (C=O) groups excluding carboxylic acids is 1. The van der Waals surface area contributed by atoms with Crippen LogP contribution in [0.15, 0.2) is 29.4 Å². The fourth-order valence-electron chi connectivity index (χ4n) is 4.78. The van der Waals surface area contributed by atoms with Crippen LogP contribution in [0.3, 0.4) is 0 Å². The normalized spacial score (nSPS) is 24.4. The van der Waals surface area contributed by atoms with Crippen molar-refractivity contribution in [1.82, 2.24) is 20.2 Å². The number of carbonyl (C=O) groups is 1. The zero-order chi connectivity index (χ0) is 19.7. The fourth-order valence-corrected chi connectivity index (χ4v) is 5.46. The number of benzene rings is 1. The first kappa shape index (κ1) is 19.2. The van der Waals surface area contributed by atoms with E-state index >= 15 is 0 Å². The van der Waals surface area contributed by atoms with Gasteiger partial charge in [0.05, 0.1) is 5.75 Å². The third-order valence-electron chi connectivity index (χ3n) is 6.20. The summed E-state index contributed by atoms with van der Waals surface area (Å²) in [6.07, 6.45) is 5.51. The second kappa shape index (κ2) is 8.11. The minimum atomic E-state index is -0.298. The summed E-state index contributed by atoms with van der Waals surface area (Å²) in [4.78, 5) is 12.4. The molecule has 0 aliphatic heterocycles. The van der Waals surface area contributed by atoms with Gasteiger partial charge in [-0.2, -0.15) is 0 Å². The molecule has 2 fully saturated rings. The summed E-state index contributed by atoms with van der Waals surface area (Å²) >= 11 is 1.25. The molecular weight excluding hydrogens is 377 g/mol. The first-order chi connectivity index (χ1) is 13.5. The Hall–Kier alpha value is -2.09. The van der Waals surface area contributed by atoms with Crippen LogP contribution in [0.5, 0.6) is 0 Å². The highest BCUT2D eigenvalue weighted by Crippen LogP contribution is 2.49. The average Bonchev–Trinajstić information content (AvgIpc) is 3.39. The molecule has 2 saturated carbocycles. The van der Waals surface area contributed by atoms with E-state index < -0.39 is 0 Å². The smallest absolute Gasteiger partial charge is 0.230 e. The van der Waals surface area contributed by atoms with E-state index in [0.717, 1.165) is 11.8 Å². The number of fused-ring (bicyclic) bond motifs is 2. The molecule has 150 valence electrons. The highest BCUT2D eigenvalue weighted by molar-refractivity contribution is 7.99. The van der Waals surface area contributed by atoms with Gasteiger partial charge in [-0.05, 0) is 55.6 Å². The van der Waals surface area contributed by atoms with Gasteiger partial charge in [-0.1, -0.05) is 36.4 Å². The fraction of sp³-hybridized carbons (Fsp3) is 0.550. The lowest BCUT2D eigenvalue weighted by molar-refractivity contribution is -0.119. The molecule has 6 nitrogen and oxygen atoms in total. The van der Waals surface area contributed by atoms with Crippen LogP contribution in [0, 0.1) is 23.6 Å². The summed E-state index contributed by atoms with van der Waals surface area (Å²) < 4.78 is 15.2. The van der Waals surface area contributed by atoms with Crippen LogP contribution in [0.2, 0.25) is 0 Å². The van der Waals surface area contributed by atoms with Gasteiger partial charge < -0.3 is 11.2 Å². The Morgan fingerprint density at radius 3 is 2.89 bits per heavy atom. The Balaban J connectivity index is 1.29. The second-order valence-corrected chi connectivity index (χ2v) is 8.96. The molecule has 1 heterocycles. The second-order valence-electron chi connectivity index (χ2n) is 8.02. The van der Waals surface area contributed by atoms with Crippen LogP contribution < -0.4 is 11.2 Å². The maximum absolute atomic E-state index is 13.8. The molecule has 3 N–H and O–H groups in total. The number of nitrogens with zero attached hydrogens (tertiary/aromatic N) is 3. The molecule has 1 amide bonds. The zero-order valence-electron chi connectivity index (χ0n) is 16.0. The van der Waals surface area contributed by atoms with E-state index in [1.54, 1.807) is 18.2 Å². The number of halogens is 1. The van der Waals surface area contributed by atoms with E-state index in [4.69, 9.17) is 5.84 Å². The number of rotatable bonds is 7. The lowest BCUT2D eigenvalue weighted by atomic mass is 9.84. The van der Waals surface area contributed by atoms with Crippen LogP contribution in [-0.2, 0) is 11.2 Å². The lowest BCUT2D eigenvalue weighted by Gasteiger charge is -2.28. The summed E-state index contributed by atoms with van der Waals surface area (Å²) in [5.41, 5.74) is 0.510. The molecule has 0 spiro atoms. The van der Waals surface area contributed by atoms with Gasteiger partial charge in [-0.3, -0.25) is 4.79 Å². The maximum atomic E-state index is 13.8. The van der Waals surface area contributed by atoms with Crippen molar-refractivity contribution >= 4 is 17.7 Å². The lowest BCUT2D eigenvalue weighted by Crippen LogP contribution is -2.41. The average molecular weight is 404 g/mol. The van der Waals surface area contributed by atoms with E-state index in [9.17, 15) is 9.18 Å². The van der Waals surface area contributed by atoms with E-state index in [2.05, 4.69) is 22.4 Å². The molecule has 2 aliphatic carbocycles. The van der Waals surface area contributed by atoms with E-state index in [0.29, 0.717) is 22.5 Å². The molecule has 1 aromatic carbocycles. The molecule has 1 aromatic heterocycles. The number of nitrogens with two attached hydrogens (primary N) is 1. The van der Waals surface area contributed by atoms with Crippen molar-refractivity contribution < 1.29 is 9.18 Å². The van der Waals surface area contributed by atoms with Crippen molar-refractivity contribution in [3.05, 3.63) is 41.5 Å². The summed E-state index contributed by atoms with van der Waals surface area (Å²) in [6.45, 7) is 2.12. The quantitative estimate of drug-likeness (QED) is 0.548.